The van der Waals surface area contributed by atoms with Gasteiger partial charge in [-0.1, -0.05) is 19.3 Å². The highest BCUT2D eigenvalue weighted by atomic mass is 32.2. The van der Waals surface area contributed by atoms with Gasteiger partial charge in [0.05, 0.1) is 5.75 Å². The van der Waals surface area contributed by atoms with Crippen LogP contribution in [0.3, 0.4) is 0 Å². The molecule has 0 bridgehead atoms. The lowest BCUT2D eigenvalue weighted by Gasteiger charge is -2.20. The highest BCUT2D eigenvalue weighted by Gasteiger charge is 2.24. The van der Waals surface area contributed by atoms with Crippen molar-refractivity contribution in [2.75, 3.05) is 5.75 Å². The Morgan fingerprint density at radius 3 is 2.67 bits per heavy atom. The molecule has 0 amide bonds. The first-order chi connectivity index (χ1) is 7.18. The molecular formula is C9H15N3O2S. The maximum absolute atomic E-state index is 11.8. The molecule has 1 aromatic heterocycles. The molecule has 1 aliphatic rings. The van der Waals surface area contributed by atoms with E-state index >= 15 is 0 Å². The van der Waals surface area contributed by atoms with Gasteiger partial charge in [0.15, 0.2) is 0 Å². The third-order valence-corrected chi connectivity index (χ3v) is 4.56. The lowest BCUT2D eigenvalue weighted by molar-refractivity contribution is 0.384. The van der Waals surface area contributed by atoms with Crippen molar-refractivity contribution in [2.45, 2.75) is 37.3 Å². The Balaban J connectivity index is 2.04. The topological polar surface area (TPSA) is 75.7 Å². The molecule has 1 N–H and O–H groups in total. The van der Waals surface area contributed by atoms with Crippen molar-refractivity contribution in [3.8, 4) is 0 Å². The van der Waals surface area contributed by atoms with Crippen LogP contribution < -0.4 is 0 Å². The van der Waals surface area contributed by atoms with Gasteiger partial charge in [-0.15, -0.1) is 0 Å². The molecule has 0 saturated heterocycles. The van der Waals surface area contributed by atoms with Gasteiger partial charge < -0.3 is 0 Å². The summed E-state index contributed by atoms with van der Waals surface area (Å²) in [5.74, 6) is 0.510. The highest BCUT2D eigenvalue weighted by Crippen LogP contribution is 2.25. The molecule has 1 aromatic rings. The summed E-state index contributed by atoms with van der Waals surface area (Å²) in [7, 11) is -3.25. The van der Waals surface area contributed by atoms with Crippen molar-refractivity contribution < 1.29 is 8.42 Å². The average molecular weight is 229 g/mol. The van der Waals surface area contributed by atoms with Crippen LogP contribution in [0, 0.1) is 5.92 Å². The van der Waals surface area contributed by atoms with Crippen molar-refractivity contribution >= 4 is 9.84 Å². The minimum atomic E-state index is -3.25. The molecule has 2 rings (SSSR count). The second-order valence-corrected chi connectivity index (χ2v) is 6.03. The molecule has 0 atom stereocenters. The molecule has 1 aliphatic carbocycles. The van der Waals surface area contributed by atoms with Crippen LogP contribution >= 0.6 is 0 Å². The van der Waals surface area contributed by atoms with Crippen molar-refractivity contribution in [3.05, 3.63) is 6.33 Å². The summed E-state index contributed by atoms with van der Waals surface area (Å²) in [6, 6.07) is 0. The molecule has 1 saturated carbocycles. The van der Waals surface area contributed by atoms with Gasteiger partial charge in [0.2, 0.25) is 15.0 Å². The van der Waals surface area contributed by atoms with Crippen LogP contribution in [0.4, 0.5) is 0 Å². The Labute approximate surface area is 89.2 Å². The van der Waals surface area contributed by atoms with Gasteiger partial charge in [0.25, 0.3) is 0 Å². The maximum atomic E-state index is 11.8. The van der Waals surface area contributed by atoms with E-state index in [2.05, 4.69) is 15.2 Å². The lowest BCUT2D eigenvalue weighted by Crippen LogP contribution is -2.19. The summed E-state index contributed by atoms with van der Waals surface area (Å²) < 4.78 is 23.7. The Morgan fingerprint density at radius 2 is 2.07 bits per heavy atom. The van der Waals surface area contributed by atoms with E-state index < -0.39 is 9.84 Å². The summed E-state index contributed by atoms with van der Waals surface area (Å²) in [6.07, 6.45) is 6.81. The first-order valence-corrected chi connectivity index (χ1v) is 6.92. The summed E-state index contributed by atoms with van der Waals surface area (Å²) in [5, 5.41) is 5.99. The lowest BCUT2D eigenvalue weighted by atomic mass is 9.91. The minimum Gasteiger partial charge on any atom is -0.250 e. The van der Waals surface area contributed by atoms with E-state index in [0.29, 0.717) is 5.92 Å². The van der Waals surface area contributed by atoms with Gasteiger partial charge in [-0.05, 0) is 18.8 Å². The van der Waals surface area contributed by atoms with E-state index in [0.717, 1.165) is 25.7 Å². The fraction of sp³-hybridized carbons (Fsp3) is 0.778. The molecule has 0 radical (unpaired) electrons. The van der Waals surface area contributed by atoms with E-state index in [1.54, 1.807) is 0 Å². The molecule has 6 heteroatoms. The number of hydrogen-bond acceptors (Lipinski definition) is 4. The molecule has 1 fully saturated rings. The Hall–Kier alpha value is -0.910. The summed E-state index contributed by atoms with van der Waals surface area (Å²) >= 11 is 0. The third kappa shape index (κ3) is 2.56. The largest absolute Gasteiger partial charge is 0.250 e. The Morgan fingerprint density at radius 1 is 1.33 bits per heavy atom. The van der Waals surface area contributed by atoms with Crippen molar-refractivity contribution in [3.63, 3.8) is 0 Å². The average Bonchev–Trinajstić information content (AvgIpc) is 2.71. The van der Waals surface area contributed by atoms with Crippen molar-refractivity contribution in [1.82, 2.24) is 15.2 Å². The molecule has 0 spiro atoms. The van der Waals surface area contributed by atoms with Crippen LogP contribution in [0.15, 0.2) is 11.5 Å². The number of nitrogens with one attached hydrogen (secondary N) is 1. The summed E-state index contributed by atoms with van der Waals surface area (Å²) in [4.78, 5) is 3.70. The number of aromatic nitrogens is 3. The van der Waals surface area contributed by atoms with E-state index in [1.807, 2.05) is 0 Å². The van der Waals surface area contributed by atoms with Crippen LogP contribution in [-0.2, 0) is 9.84 Å². The first-order valence-electron chi connectivity index (χ1n) is 5.26. The molecule has 1 heterocycles. The fourth-order valence-electron chi connectivity index (χ4n) is 2.09. The van der Waals surface area contributed by atoms with Gasteiger partial charge in [-0.3, -0.25) is 5.10 Å². The predicted octanol–water partition coefficient (Wildman–Crippen LogP) is 1.16. The number of hydrogen-bond donors (Lipinski definition) is 1. The summed E-state index contributed by atoms with van der Waals surface area (Å²) in [6.45, 7) is 0. The zero-order chi connectivity index (χ0) is 10.7. The third-order valence-electron chi connectivity index (χ3n) is 2.87. The molecular weight excluding hydrogens is 214 g/mol. The van der Waals surface area contributed by atoms with Crippen molar-refractivity contribution in [1.29, 1.82) is 0 Å². The van der Waals surface area contributed by atoms with E-state index in [1.165, 1.54) is 12.7 Å². The highest BCUT2D eigenvalue weighted by molar-refractivity contribution is 7.91. The maximum Gasteiger partial charge on any atom is 0.242 e. The second kappa shape index (κ2) is 4.30. The quantitative estimate of drug-likeness (QED) is 0.843. The Bertz CT molecular complexity index is 393. The van der Waals surface area contributed by atoms with Crippen LogP contribution in [0.1, 0.15) is 32.1 Å². The fourth-order valence-corrected chi connectivity index (χ4v) is 3.60. The van der Waals surface area contributed by atoms with Crippen LogP contribution in [-0.4, -0.2) is 29.4 Å². The molecule has 0 aromatic carbocycles. The molecule has 15 heavy (non-hydrogen) atoms. The molecule has 0 unspecified atom stereocenters. The van der Waals surface area contributed by atoms with Gasteiger partial charge in [0, 0.05) is 0 Å². The minimum absolute atomic E-state index is 0.00748. The molecule has 5 nitrogen and oxygen atoms in total. The monoisotopic (exact) mass is 229 g/mol. The second-order valence-electron chi connectivity index (χ2n) is 4.08. The first kappa shape index (κ1) is 10.6. The summed E-state index contributed by atoms with van der Waals surface area (Å²) in [5.41, 5.74) is 0. The number of nitrogens with zero attached hydrogens (tertiary/aromatic N) is 2. The van der Waals surface area contributed by atoms with E-state index in [-0.39, 0.29) is 10.9 Å². The number of H-pyrrole nitrogens is 1. The van der Waals surface area contributed by atoms with E-state index in [4.69, 9.17) is 0 Å². The smallest absolute Gasteiger partial charge is 0.242 e. The number of aromatic amines is 1. The molecule has 0 aliphatic heterocycles. The standard InChI is InChI=1S/C9H15N3O2S/c13-15(14,9-10-7-11-12-9)6-8-4-2-1-3-5-8/h7-8H,1-6H2,(H,10,11,12). The Kier molecular flexibility index (Phi) is 3.04. The van der Waals surface area contributed by atoms with Crippen molar-refractivity contribution in [2.24, 2.45) is 5.92 Å². The van der Waals surface area contributed by atoms with Gasteiger partial charge >= 0.3 is 0 Å². The predicted molar refractivity (Wildman–Crippen MR) is 55.0 cm³/mol. The molecule has 84 valence electrons. The van der Waals surface area contributed by atoms with Crippen LogP contribution in [0.2, 0.25) is 0 Å². The number of rotatable bonds is 3. The van der Waals surface area contributed by atoms with Gasteiger partial charge in [-0.2, -0.15) is 5.10 Å². The number of sulfone groups is 1. The zero-order valence-corrected chi connectivity index (χ0v) is 9.33. The van der Waals surface area contributed by atoms with Gasteiger partial charge in [-0.25, -0.2) is 13.4 Å². The normalized spacial score (nSPS) is 19.2. The van der Waals surface area contributed by atoms with Gasteiger partial charge in [0.1, 0.15) is 6.33 Å². The van der Waals surface area contributed by atoms with E-state index in [9.17, 15) is 8.42 Å². The van der Waals surface area contributed by atoms with Crippen LogP contribution in [0.5, 0.6) is 0 Å². The SMILES string of the molecule is O=S(=O)(CC1CCCCC1)c1ncn[nH]1. The van der Waals surface area contributed by atoms with Crippen LogP contribution in [0.25, 0.3) is 0 Å². The zero-order valence-electron chi connectivity index (χ0n) is 8.52.